The van der Waals surface area contributed by atoms with Gasteiger partial charge in [-0.05, 0) is 37.5 Å². The second-order valence-corrected chi connectivity index (χ2v) is 10.2. The molecule has 0 aliphatic rings. The number of rotatable bonds is 19. The smallest absolute Gasteiger partial charge is 1.00 e. The Balaban J connectivity index is -0.00000544. The van der Waals surface area contributed by atoms with Crippen LogP contribution in [-0.4, -0.2) is 44.8 Å². The zero-order chi connectivity index (χ0) is 26.3. The summed E-state index contributed by atoms with van der Waals surface area (Å²) in [5.41, 5.74) is -1.98. The van der Waals surface area contributed by atoms with Gasteiger partial charge in [0.15, 0.2) is 0 Å². The van der Waals surface area contributed by atoms with Crippen molar-refractivity contribution in [2.24, 2.45) is 17.8 Å². The molecular formula is C26H45NaO8. The molecule has 35 heavy (non-hydrogen) atoms. The predicted molar refractivity (Wildman–Crippen MR) is 131 cm³/mol. The number of hydrogen-bond acceptors (Lipinski definition) is 5. The molecule has 0 aromatic heterocycles. The summed E-state index contributed by atoms with van der Waals surface area (Å²) in [5.74, 6) is -3.93. The SMILES string of the molecule is C/C(=C\C(=O)OC(CC(=O)O)(CC(=O)O)C(=O)O)CCC[C@H](C)CCC[C@H](C)CCCC(C)C.[H-].[Na+]. The molecule has 0 aromatic rings. The summed E-state index contributed by atoms with van der Waals surface area (Å²) in [6.07, 6.45) is 8.78. The molecule has 0 amide bonds. The Morgan fingerprint density at radius 2 is 1.23 bits per heavy atom. The third-order valence-electron chi connectivity index (χ3n) is 6.06. The largest absolute Gasteiger partial charge is 1.00 e. The van der Waals surface area contributed by atoms with E-state index in [0.29, 0.717) is 17.9 Å². The van der Waals surface area contributed by atoms with Gasteiger partial charge in [0.2, 0.25) is 5.60 Å². The Morgan fingerprint density at radius 3 is 1.63 bits per heavy atom. The van der Waals surface area contributed by atoms with Crippen LogP contribution in [0.25, 0.3) is 0 Å². The molecule has 3 N–H and O–H groups in total. The first-order valence-corrected chi connectivity index (χ1v) is 12.3. The van der Waals surface area contributed by atoms with Crippen LogP contribution in [0.2, 0.25) is 0 Å². The molecule has 0 rings (SSSR count). The van der Waals surface area contributed by atoms with E-state index < -0.39 is 42.3 Å². The van der Waals surface area contributed by atoms with E-state index in [-0.39, 0.29) is 31.0 Å². The number of carboxylic acid groups (broad SMARTS) is 3. The number of allylic oxidation sites excluding steroid dienone is 1. The molecule has 0 radical (unpaired) electrons. The third kappa shape index (κ3) is 17.7. The number of hydrogen-bond donors (Lipinski definition) is 3. The van der Waals surface area contributed by atoms with Crippen LogP contribution in [0, 0.1) is 17.8 Å². The van der Waals surface area contributed by atoms with Crippen molar-refractivity contribution in [3.8, 4) is 0 Å². The van der Waals surface area contributed by atoms with Gasteiger partial charge in [0.1, 0.15) is 0 Å². The first-order valence-electron chi connectivity index (χ1n) is 12.3. The predicted octanol–water partition coefficient (Wildman–Crippen LogP) is 2.80. The summed E-state index contributed by atoms with van der Waals surface area (Å²) in [5, 5.41) is 27.3. The van der Waals surface area contributed by atoms with Gasteiger partial charge in [-0.2, -0.15) is 0 Å². The van der Waals surface area contributed by atoms with Crippen LogP contribution < -0.4 is 29.6 Å². The van der Waals surface area contributed by atoms with Gasteiger partial charge in [-0.25, -0.2) is 9.59 Å². The van der Waals surface area contributed by atoms with E-state index in [0.717, 1.165) is 37.2 Å². The van der Waals surface area contributed by atoms with Crippen molar-refractivity contribution < 1.29 is 70.2 Å². The second kappa shape index (κ2) is 18.8. The van der Waals surface area contributed by atoms with E-state index in [1.165, 1.54) is 32.1 Å². The number of carbonyl (C=O) groups excluding carboxylic acids is 1. The molecule has 0 aliphatic carbocycles. The summed E-state index contributed by atoms with van der Waals surface area (Å²) in [4.78, 5) is 45.8. The van der Waals surface area contributed by atoms with Crippen molar-refractivity contribution in [2.45, 2.75) is 111 Å². The zero-order valence-electron chi connectivity index (χ0n) is 23.5. The maximum atomic E-state index is 12.2. The first kappa shape index (κ1) is 35.8. The van der Waals surface area contributed by atoms with Gasteiger partial charge in [-0.1, -0.05) is 78.2 Å². The Bertz CT molecular complexity index is 692. The molecule has 0 fully saturated rings. The summed E-state index contributed by atoms with van der Waals surface area (Å²) in [6, 6.07) is 0. The Hall–Kier alpha value is -1.38. The van der Waals surface area contributed by atoms with Crippen LogP contribution in [0.15, 0.2) is 11.6 Å². The minimum absolute atomic E-state index is 0. The maximum absolute atomic E-state index is 12.2. The Morgan fingerprint density at radius 1 is 0.800 bits per heavy atom. The van der Waals surface area contributed by atoms with E-state index in [1.807, 2.05) is 0 Å². The molecular weight excluding hydrogens is 463 g/mol. The van der Waals surface area contributed by atoms with Crippen LogP contribution >= 0.6 is 0 Å². The van der Waals surface area contributed by atoms with Crippen molar-refractivity contribution >= 4 is 23.9 Å². The molecule has 0 aliphatic heterocycles. The molecule has 0 aromatic carbocycles. The Kier molecular flexibility index (Phi) is 19.2. The van der Waals surface area contributed by atoms with Crippen molar-refractivity contribution in [1.82, 2.24) is 0 Å². The van der Waals surface area contributed by atoms with E-state index in [4.69, 9.17) is 14.9 Å². The van der Waals surface area contributed by atoms with Gasteiger partial charge in [-0.3, -0.25) is 9.59 Å². The summed E-state index contributed by atoms with van der Waals surface area (Å²) < 4.78 is 4.86. The van der Waals surface area contributed by atoms with Gasteiger partial charge in [0.05, 0.1) is 12.8 Å². The Labute approximate surface area is 233 Å². The summed E-state index contributed by atoms with van der Waals surface area (Å²) >= 11 is 0. The molecule has 2 atom stereocenters. The quantitative estimate of drug-likeness (QED) is 0.138. The fourth-order valence-electron chi connectivity index (χ4n) is 4.02. The van der Waals surface area contributed by atoms with Gasteiger partial charge in [-0.15, -0.1) is 0 Å². The van der Waals surface area contributed by atoms with Crippen LogP contribution in [0.3, 0.4) is 0 Å². The molecule has 198 valence electrons. The van der Waals surface area contributed by atoms with Gasteiger partial charge >= 0.3 is 53.4 Å². The van der Waals surface area contributed by atoms with Gasteiger partial charge in [0.25, 0.3) is 0 Å². The summed E-state index contributed by atoms with van der Waals surface area (Å²) in [7, 11) is 0. The molecule has 0 saturated carbocycles. The van der Waals surface area contributed by atoms with Crippen LogP contribution in [-0.2, 0) is 23.9 Å². The van der Waals surface area contributed by atoms with Crippen LogP contribution in [0.1, 0.15) is 107 Å². The van der Waals surface area contributed by atoms with Gasteiger partial charge < -0.3 is 21.5 Å². The van der Waals surface area contributed by atoms with Crippen LogP contribution in [0.4, 0.5) is 0 Å². The molecule has 8 nitrogen and oxygen atoms in total. The first-order chi connectivity index (χ1) is 15.8. The van der Waals surface area contributed by atoms with E-state index in [1.54, 1.807) is 6.92 Å². The fourth-order valence-corrected chi connectivity index (χ4v) is 4.02. The number of ether oxygens (including phenoxy) is 1. The third-order valence-corrected chi connectivity index (χ3v) is 6.06. The topological polar surface area (TPSA) is 138 Å². The fraction of sp³-hybridized carbons (Fsp3) is 0.769. The van der Waals surface area contributed by atoms with Crippen LogP contribution in [0.5, 0.6) is 0 Å². The number of esters is 1. The van der Waals surface area contributed by atoms with E-state index in [9.17, 15) is 24.3 Å². The normalized spacial score (nSPS) is 13.6. The van der Waals surface area contributed by atoms with Crippen molar-refractivity contribution in [1.29, 1.82) is 0 Å². The van der Waals surface area contributed by atoms with Crippen molar-refractivity contribution in [3.63, 3.8) is 0 Å². The molecule has 0 bridgehead atoms. The number of carboxylic acids is 3. The van der Waals surface area contributed by atoms with Crippen molar-refractivity contribution in [3.05, 3.63) is 11.6 Å². The van der Waals surface area contributed by atoms with Gasteiger partial charge in [0, 0.05) is 6.08 Å². The average Bonchev–Trinajstić information content (AvgIpc) is 2.66. The standard InChI is InChI=1S/C26H44O8.Na.H/c1-18(2)9-6-10-19(3)11-7-12-20(4)13-8-14-21(5)15-24(31)34-26(25(32)33,16-22(27)28)17-23(29)30;;/h15,18-20H,6-14,16-17H2,1-5H3,(H,27,28)(H,29,30)(H,32,33);;/q;+1;-1/b21-15+;;/t19-,20-;;/m1../s1. The number of aliphatic carboxylic acids is 3. The molecule has 0 unspecified atom stereocenters. The van der Waals surface area contributed by atoms with Crippen molar-refractivity contribution in [2.75, 3.05) is 0 Å². The maximum Gasteiger partial charge on any atom is 1.00 e. The minimum Gasteiger partial charge on any atom is -1.00 e. The number of carbonyl (C=O) groups is 4. The second-order valence-electron chi connectivity index (χ2n) is 10.2. The monoisotopic (exact) mass is 508 g/mol. The molecule has 9 heteroatoms. The average molecular weight is 509 g/mol. The molecule has 0 heterocycles. The summed E-state index contributed by atoms with van der Waals surface area (Å²) in [6.45, 7) is 10.8. The van der Waals surface area contributed by atoms with E-state index >= 15 is 0 Å². The van der Waals surface area contributed by atoms with E-state index in [2.05, 4.69) is 27.7 Å². The molecule has 0 spiro atoms. The minimum atomic E-state index is -2.65. The molecule has 0 saturated heterocycles. The zero-order valence-corrected chi connectivity index (χ0v) is 24.5.